The molecule has 0 unspecified atom stereocenters. The van der Waals surface area contributed by atoms with Crippen molar-refractivity contribution in [1.29, 1.82) is 0 Å². The van der Waals surface area contributed by atoms with E-state index in [-0.39, 0.29) is 0 Å². The summed E-state index contributed by atoms with van der Waals surface area (Å²) in [6.45, 7) is 6.51. The third kappa shape index (κ3) is 4.21. The molecule has 0 atom stereocenters. The van der Waals surface area contributed by atoms with Gasteiger partial charge in [0.1, 0.15) is 6.33 Å². The van der Waals surface area contributed by atoms with Gasteiger partial charge in [0, 0.05) is 23.7 Å². The highest BCUT2D eigenvalue weighted by atomic mass is 15.1. The van der Waals surface area contributed by atoms with E-state index in [4.69, 9.17) is 4.98 Å². The van der Waals surface area contributed by atoms with Gasteiger partial charge in [0.15, 0.2) is 0 Å². The molecule has 0 amide bonds. The first-order chi connectivity index (χ1) is 14.6. The van der Waals surface area contributed by atoms with Crippen LogP contribution in [0.25, 0.3) is 16.5 Å². The van der Waals surface area contributed by atoms with Crippen molar-refractivity contribution in [3.8, 4) is 0 Å². The Kier molecular flexibility index (Phi) is 6.09. The molecule has 1 aliphatic rings. The van der Waals surface area contributed by atoms with Crippen molar-refractivity contribution >= 4 is 22.2 Å². The van der Waals surface area contributed by atoms with E-state index in [1.54, 1.807) is 6.33 Å². The van der Waals surface area contributed by atoms with Crippen LogP contribution in [0.2, 0.25) is 0 Å². The molecule has 156 valence electrons. The number of anilines is 1. The number of hydrogen-bond donors (Lipinski definition) is 1. The molecule has 3 heterocycles. The summed E-state index contributed by atoms with van der Waals surface area (Å²) in [7, 11) is 4.13. The molecule has 4 rings (SSSR count). The van der Waals surface area contributed by atoms with Crippen molar-refractivity contribution in [2.24, 2.45) is 5.92 Å². The van der Waals surface area contributed by atoms with Crippen LogP contribution in [-0.2, 0) is 6.42 Å². The maximum Gasteiger partial charge on any atom is 0.116 e. The van der Waals surface area contributed by atoms with E-state index in [2.05, 4.69) is 71.4 Å². The van der Waals surface area contributed by atoms with Gasteiger partial charge in [0.05, 0.1) is 23.1 Å². The van der Waals surface area contributed by atoms with Crippen molar-refractivity contribution in [3.05, 3.63) is 65.4 Å². The van der Waals surface area contributed by atoms with Crippen molar-refractivity contribution in [3.63, 3.8) is 0 Å². The summed E-state index contributed by atoms with van der Waals surface area (Å²) >= 11 is 0. The summed E-state index contributed by atoms with van der Waals surface area (Å²) in [6.07, 6.45) is 9.27. The van der Waals surface area contributed by atoms with Crippen molar-refractivity contribution in [1.82, 2.24) is 19.9 Å². The van der Waals surface area contributed by atoms with Crippen molar-refractivity contribution in [2.75, 3.05) is 32.5 Å². The fourth-order valence-corrected chi connectivity index (χ4v) is 4.40. The van der Waals surface area contributed by atoms with Crippen LogP contribution in [0.5, 0.6) is 0 Å². The normalized spacial score (nSPS) is 16.2. The zero-order valence-corrected chi connectivity index (χ0v) is 18.4. The lowest BCUT2D eigenvalue weighted by atomic mass is 9.90. The number of nitrogens with one attached hydrogen (secondary N) is 1. The van der Waals surface area contributed by atoms with E-state index in [0.717, 1.165) is 28.9 Å². The molecule has 1 N–H and O–H groups in total. The van der Waals surface area contributed by atoms with Gasteiger partial charge >= 0.3 is 0 Å². The van der Waals surface area contributed by atoms with Crippen LogP contribution < -0.4 is 5.32 Å². The Bertz CT molecular complexity index is 1060. The van der Waals surface area contributed by atoms with Crippen LogP contribution in [0, 0.1) is 12.8 Å². The molecular weight excluding hydrogens is 370 g/mol. The van der Waals surface area contributed by atoms with Gasteiger partial charge in [-0.25, -0.2) is 9.97 Å². The van der Waals surface area contributed by atoms with Gasteiger partial charge in [-0.05, 0) is 88.5 Å². The quantitative estimate of drug-likeness (QED) is 0.671. The minimum atomic E-state index is 0.697. The average Bonchev–Trinajstić information content (AvgIpc) is 2.77. The molecular formula is C25H31N5. The van der Waals surface area contributed by atoms with E-state index in [0.29, 0.717) is 5.92 Å². The van der Waals surface area contributed by atoms with Gasteiger partial charge in [-0.3, -0.25) is 4.98 Å². The number of likely N-dealkylation sites (tertiary alicyclic amines) is 1. The minimum absolute atomic E-state index is 0.697. The van der Waals surface area contributed by atoms with Crippen LogP contribution in [0.3, 0.4) is 0 Å². The summed E-state index contributed by atoms with van der Waals surface area (Å²) in [5, 5.41) is 4.37. The zero-order chi connectivity index (χ0) is 21.1. The smallest absolute Gasteiger partial charge is 0.116 e. The number of benzene rings is 1. The van der Waals surface area contributed by atoms with Gasteiger partial charge < -0.3 is 10.2 Å². The second-order valence-corrected chi connectivity index (χ2v) is 8.31. The Hall–Kier alpha value is -2.79. The second kappa shape index (κ2) is 8.92. The fourth-order valence-electron chi connectivity index (χ4n) is 4.40. The summed E-state index contributed by atoms with van der Waals surface area (Å²) in [6, 6.07) is 8.72. The highest BCUT2D eigenvalue weighted by molar-refractivity contribution is 5.89. The number of allylic oxidation sites excluding steroid dienone is 1. The monoisotopic (exact) mass is 401 g/mol. The number of pyridine rings is 1. The topological polar surface area (TPSA) is 53.9 Å². The number of nitrogens with zero attached hydrogens (tertiary/aromatic N) is 4. The molecule has 30 heavy (non-hydrogen) atoms. The minimum Gasteiger partial charge on any atom is -0.387 e. The molecule has 1 aromatic carbocycles. The lowest BCUT2D eigenvalue weighted by Gasteiger charge is -2.28. The molecule has 5 heteroatoms. The Balaban J connectivity index is 1.72. The lowest BCUT2D eigenvalue weighted by molar-refractivity contribution is 0.218. The Morgan fingerprint density at radius 1 is 1.17 bits per heavy atom. The molecule has 1 aliphatic heterocycles. The maximum atomic E-state index is 4.70. The van der Waals surface area contributed by atoms with E-state index < -0.39 is 0 Å². The van der Waals surface area contributed by atoms with Crippen LogP contribution in [0.15, 0.2) is 42.9 Å². The Labute approximate surface area is 179 Å². The lowest BCUT2D eigenvalue weighted by Crippen LogP contribution is -2.31. The second-order valence-electron chi connectivity index (χ2n) is 8.31. The van der Waals surface area contributed by atoms with Crippen LogP contribution in [0.1, 0.15) is 42.3 Å². The molecule has 3 aromatic rings. The van der Waals surface area contributed by atoms with E-state index in [9.17, 15) is 0 Å². The number of fused-ring (bicyclic) bond motifs is 1. The van der Waals surface area contributed by atoms with E-state index in [1.807, 2.05) is 13.2 Å². The van der Waals surface area contributed by atoms with Gasteiger partial charge in [0.2, 0.25) is 0 Å². The van der Waals surface area contributed by atoms with Gasteiger partial charge in [-0.1, -0.05) is 12.1 Å². The molecule has 2 aromatic heterocycles. The highest BCUT2D eigenvalue weighted by Crippen LogP contribution is 2.31. The Morgan fingerprint density at radius 3 is 2.70 bits per heavy atom. The zero-order valence-electron chi connectivity index (χ0n) is 18.4. The highest BCUT2D eigenvalue weighted by Gasteiger charge is 2.19. The third-order valence-electron chi connectivity index (χ3n) is 6.30. The number of hydrogen-bond acceptors (Lipinski definition) is 5. The number of piperidine rings is 1. The summed E-state index contributed by atoms with van der Waals surface area (Å²) in [5.41, 5.74) is 7.75. The summed E-state index contributed by atoms with van der Waals surface area (Å²) in [4.78, 5) is 16.2. The molecule has 0 bridgehead atoms. The summed E-state index contributed by atoms with van der Waals surface area (Å²) in [5.74, 6) is 0.697. The summed E-state index contributed by atoms with van der Waals surface area (Å²) < 4.78 is 0. The van der Waals surface area contributed by atoms with Crippen molar-refractivity contribution < 1.29 is 0 Å². The SMILES string of the molecule is C/C=C(/c1ccc2ncnc(CC3CCN(C)CC3)c2c1)c1cc(NC)cnc1C. The number of rotatable bonds is 5. The van der Waals surface area contributed by atoms with Crippen LogP contribution >= 0.6 is 0 Å². The van der Waals surface area contributed by atoms with Crippen LogP contribution in [0.4, 0.5) is 5.69 Å². The number of aromatic nitrogens is 3. The predicted octanol–water partition coefficient (Wildman–Crippen LogP) is 4.71. The van der Waals surface area contributed by atoms with Crippen LogP contribution in [-0.4, -0.2) is 47.0 Å². The molecule has 0 radical (unpaired) electrons. The predicted molar refractivity (Wildman–Crippen MR) is 125 cm³/mol. The van der Waals surface area contributed by atoms with Crippen molar-refractivity contribution in [2.45, 2.75) is 33.1 Å². The maximum absolute atomic E-state index is 4.70. The molecule has 1 fully saturated rings. The molecule has 0 saturated carbocycles. The first-order valence-corrected chi connectivity index (χ1v) is 10.8. The van der Waals surface area contributed by atoms with Gasteiger partial charge in [-0.2, -0.15) is 0 Å². The largest absolute Gasteiger partial charge is 0.387 e. The molecule has 0 spiro atoms. The molecule has 5 nitrogen and oxygen atoms in total. The standard InChI is InChI=1S/C25H31N5/c1-5-21(22-14-20(26-3)15-27-17(22)2)19-6-7-24-23(13-19)25(29-16-28-24)12-18-8-10-30(4)11-9-18/h5-7,13-16,18,26H,8-12H2,1-4H3/b21-5-. The Morgan fingerprint density at radius 2 is 1.97 bits per heavy atom. The molecule has 0 aliphatic carbocycles. The van der Waals surface area contributed by atoms with Gasteiger partial charge in [0.25, 0.3) is 0 Å². The first kappa shape index (κ1) is 20.5. The number of aryl methyl sites for hydroxylation is 1. The third-order valence-corrected chi connectivity index (χ3v) is 6.30. The fraction of sp³-hybridized carbons (Fsp3) is 0.400. The average molecular weight is 402 g/mol. The van der Waals surface area contributed by atoms with E-state index >= 15 is 0 Å². The van der Waals surface area contributed by atoms with E-state index in [1.165, 1.54) is 48.1 Å². The first-order valence-electron chi connectivity index (χ1n) is 10.8. The molecule has 1 saturated heterocycles. The van der Waals surface area contributed by atoms with Gasteiger partial charge in [-0.15, -0.1) is 0 Å².